The Labute approximate surface area is 246 Å². The van der Waals surface area contributed by atoms with Crippen LogP contribution in [0.3, 0.4) is 0 Å². The van der Waals surface area contributed by atoms with Crippen molar-refractivity contribution in [3.05, 3.63) is 88.9 Å². The van der Waals surface area contributed by atoms with Crippen LogP contribution in [-0.2, 0) is 32.6 Å². The van der Waals surface area contributed by atoms with Gasteiger partial charge in [0.2, 0.25) is 28.6 Å². The number of halogens is 1. The maximum Gasteiger partial charge on any atom is 0.244 e. The van der Waals surface area contributed by atoms with E-state index >= 15 is 0 Å². The van der Waals surface area contributed by atoms with Crippen molar-refractivity contribution < 1.29 is 27.5 Å². The minimum atomic E-state index is -3.91. The summed E-state index contributed by atoms with van der Waals surface area (Å²) in [5.41, 5.74) is 1.72. The second-order valence-corrected chi connectivity index (χ2v) is 12.3. The van der Waals surface area contributed by atoms with E-state index in [0.29, 0.717) is 28.5 Å². The van der Waals surface area contributed by atoms with Gasteiger partial charge in [-0.05, 0) is 42.7 Å². The number of fused-ring (bicyclic) bond motifs is 1. The summed E-state index contributed by atoms with van der Waals surface area (Å²) in [5, 5.41) is 3.43. The Balaban J connectivity index is 1.74. The van der Waals surface area contributed by atoms with Gasteiger partial charge in [0.25, 0.3) is 0 Å². The van der Waals surface area contributed by atoms with E-state index < -0.39 is 28.5 Å². The molecule has 0 aromatic heterocycles. The third-order valence-corrected chi connectivity index (χ3v) is 8.40. The zero-order valence-corrected chi connectivity index (χ0v) is 24.8. The van der Waals surface area contributed by atoms with Gasteiger partial charge in [-0.1, -0.05) is 67.1 Å². The maximum atomic E-state index is 14.2. The molecule has 4 rings (SSSR count). The van der Waals surface area contributed by atoms with Crippen molar-refractivity contribution in [3.8, 4) is 11.5 Å². The van der Waals surface area contributed by atoms with Crippen LogP contribution in [0.25, 0.3) is 0 Å². The highest BCUT2D eigenvalue weighted by Gasteiger charge is 2.34. The normalized spacial score (nSPS) is 13.8. The highest BCUT2D eigenvalue weighted by atomic mass is 35.5. The third kappa shape index (κ3) is 7.71. The van der Waals surface area contributed by atoms with Crippen LogP contribution in [0.4, 0.5) is 5.69 Å². The molecule has 0 fully saturated rings. The minimum Gasteiger partial charge on any atom is -0.454 e. The molecule has 0 bridgehead atoms. The summed E-state index contributed by atoms with van der Waals surface area (Å²) in [6.07, 6.45) is 1.96. The van der Waals surface area contributed by atoms with Gasteiger partial charge in [-0.15, -0.1) is 0 Å². The Morgan fingerprint density at radius 3 is 2.37 bits per heavy atom. The Hall–Kier alpha value is -3.76. The lowest BCUT2D eigenvalue weighted by Crippen LogP contribution is -2.54. The molecule has 2 unspecified atom stereocenters. The van der Waals surface area contributed by atoms with Gasteiger partial charge in [-0.3, -0.25) is 13.9 Å². The van der Waals surface area contributed by atoms with Gasteiger partial charge in [0.05, 0.1) is 11.9 Å². The fourth-order valence-electron chi connectivity index (χ4n) is 4.46. The molecule has 9 nitrogen and oxygen atoms in total. The molecule has 0 aliphatic carbocycles. The predicted molar refractivity (Wildman–Crippen MR) is 159 cm³/mol. The largest absolute Gasteiger partial charge is 0.454 e. The summed E-state index contributed by atoms with van der Waals surface area (Å²) in [7, 11) is -3.91. The molecule has 0 saturated carbocycles. The molecule has 1 heterocycles. The summed E-state index contributed by atoms with van der Waals surface area (Å²) in [6.45, 7) is 3.34. The van der Waals surface area contributed by atoms with Crippen LogP contribution in [0.2, 0.25) is 5.02 Å². The number of nitrogens with one attached hydrogen (secondary N) is 1. The quantitative estimate of drug-likeness (QED) is 0.331. The lowest BCUT2D eigenvalue weighted by Gasteiger charge is -2.34. The summed E-state index contributed by atoms with van der Waals surface area (Å²) in [5.74, 6) is -0.0317. The van der Waals surface area contributed by atoms with Crippen molar-refractivity contribution in [2.24, 2.45) is 0 Å². The zero-order valence-electron chi connectivity index (χ0n) is 23.2. The molecular formula is C30H34ClN3O6S. The van der Waals surface area contributed by atoms with E-state index in [-0.39, 0.29) is 37.4 Å². The third-order valence-electron chi connectivity index (χ3n) is 6.89. The van der Waals surface area contributed by atoms with Gasteiger partial charge in [0.15, 0.2) is 11.5 Å². The van der Waals surface area contributed by atoms with E-state index in [1.807, 2.05) is 44.2 Å². The van der Waals surface area contributed by atoms with Crippen molar-refractivity contribution in [2.75, 3.05) is 23.9 Å². The lowest BCUT2D eigenvalue weighted by molar-refractivity contribution is -0.140. The standard InChI is InChI=1S/C30H34ClN3O6S/c1-4-21(2)32-30(36)26(16-22-10-6-5-7-11-22)33(18-23-12-8-9-13-25(23)31)29(35)19-34(41(3,37)38)24-14-15-27-28(17-24)40-20-39-27/h5-15,17,21,26H,4,16,18-20H2,1-3H3,(H,32,36). The number of carbonyl (C=O) groups is 2. The predicted octanol–water partition coefficient (Wildman–Crippen LogP) is 4.39. The minimum absolute atomic E-state index is 0.00265. The average Bonchev–Trinajstić information content (AvgIpc) is 3.42. The average molecular weight is 600 g/mol. The number of rotatable bonds is 12. The summed E-state index contributed by atoms with van der Waals surface area (Å²) < 4.78 is 37.7. The van der Waals surface area contributed by atoms with Gasteiger partial charge < -0.3 is 19.7 Å². The molecule has 11 heteroatoms. The lowest BCUT2D eigenvalue weighted by atomic mass is 10.0. The topological polar surface area (TPSA) is 105 Å². The smallest absolute Gasteiger partial charge is 0.244 e. The van der Waals surface area contributed by atoms with Crippen LogP contribution >= 0.6 is 11.6 Å². The van der Waals surface area contributed by atoms with Crippen molar-refractivity contribution in [1.82, 2.24) is 10.2 Å². The van der Waals surface area contributed by atoms with Gasteiger partial charge in [-0.2, -0.15) is 0 Å². The number of anilines is 1. The number of carbonyl (C=O) groups excluding carboxylic acids is 2. The van der Waals surface area contributed by atoms with Crippen LogP contribution in [0.1, 0.15) is 31.4 Å². The van der Waals surface area contributed by atoms with E-state index in [9.17, 15) is 18.0 Å². The molecular weight excluding hydrogens is 566 g/mol. The fourth-order valence-corrected chi connectivity index (χ4v) is 5.50. The first kappa shape index (κ1) is 30.2. The number of hydrogen-bond donors (Lipinski definition) is 1. The van der Waals surface area contributed by atoms with Crippen LogP contribution in [0.5, 0.6) is 11.5 Å². The van der Waals surface area contributed by atoms with E-state index in [2.05, 4.69) is 5.32 Å². The Bertz CT molecular complexity index is 1480. The van der Waals surface area contributed by atoms with Crippen LogP contribution in [-0.4, -0.2) is 56.8 Å². The number of ether oxygens (including phenoxy) is 2. The second-order valence-electron chi connectivity index (χ2n) is 9.94. The highest BCUT2D eigenvalue weighted by Crippen LogP contribution is 2.36. The van der Waals surface area contributed by atoms with E-state index in [0.717, 1.165) is 16.1 Å². The van der Waals surface area contributed by atoms with E-state index in [4.69, 9.17) is 21.1 Å². The van der Waals surface area contributed by atoms with Gasteiger partial charge in [-0.25, -0.2) is 8.42 Å². The Morgan fingerprint density at radius 2 is 1.68 bits per heavy atom. The number of hydrogen-bond acceptors (Lipinski definition) is 6. The zero-order chi connectivity index (χ0) is 29.6. The molecule has 218 valence electrons. The molecule has 3 aromatic carbocycles. The van der Waals surface area contributed by atoms with Gasteiger partial charge in [0.1, 0.15) is 12.6 Å². The number of nitrogens with zero attached hydrogens (tertiary/aromatic N) is 2. The molecule has 1 aliphatic heterocycles. The molecule has 1 N–H and O–H groups in total. The van der Waals surface area contributed by atoms with Crippen molar-refractivity contribution in [1.29, 1.82) is 0 Å². The maximum absolute atomic E-state index is 14.2. The first-order chi connectivity index (χ1) is 19.6. The number of benzene rings is 3. The molecule has 0 spiro atoms. The molecule has 2 atom stereocenters. The second kappa shape index (κ2) is 13.3. The monoisotopic (exact) mass is 599 g/mol. The molecule has 0 saturated heterocycles. The molecule has 41 heavy (non-hydrogen) atoms. The van der Waals surface area contributed by atoms with E-state index in [1.165, 1.54) is 11.0 Å². The SMILES string of the molecule is CCC(C)NC(=O)C(Cc1ccccc1)N(Cc1ccccc1Cl)C(=O)CN(c1ccc2c(c1)OCO2)S(C)(=O)=O. The number of amides is 2. The number of sulfonamides is 1. The van der Waals surface area contributed by atoms with Crippen molar-refractivity contribution >= 4 is 39.1 Å². The van der Waals surface area contributed by atoms with Gasteiger partial charge in [0, 0.05) is 30.1 Å². The summed E-state index contributed by atoms with van der Waals surface area (Å²) >= 11 is 6.48. The molecule has 0 radical (unpaired) electrons. The molecule has 3 aromatic rings. The first-order valence-electron chi connectivity index (χ1n) is 13.3. The van der Waals surface area contributed by atoms with Crippen LogP contribution < -0.4 is 19.1 Å². The van der Waals surface area contributed by atoms with Crippen LogP contribution in [0, 0.1) is 0 Å². The summed E-state index contributed by atoms with van der Waals surface area (Å²) in [6, 6.07) is 20.0. The fraction of sp³-hybridized carbons (Fsp3) is 0.333. The molecule has 2 amide bonds. The Kier molecular flexibility index (Phi) is 9.77. The van der Waals surface area contributed by atoms with Gasteiger partial charge >= 0.3 is 0 Å². The van der Waals surface area contributed by atoms with E-state index in [1.54, 1.807) is 36.4 Å². The van der Waals surface area contributed by atoms with Crippen molar-refractivity contribution in [2.45, 2.75) is 45.3 Å². The highest BCUT2D eigenvalue weighted by molar-refractivity contribution is 7.92. The van der Waals surface area contributed by atoms with Crippen LogP contribution in [0.15, 0.2) is 72.8 Å². The van der Waals surface area contributed by atoms with Crippen molar-refractivity contribution in [3.63, 3.8) is 0 Å². The molecule has 1 aliphatic rings. The first-order valence-corrected chi connectivity index (χ1v) is 15.5. The Morgan fingerprint density at radius 1 is 1.00 bits per heavy atom. The summed E-state index contributed by atoms with van der Waals surface area (Å²) in [4.78, 5) is 29.3.